The molecule has 3 aromatic rings. The monoisotopic (exact) mass is 618 g/mol. The predicted molar refractivity (Wildman–Crippen MR) is 168 cm³/mol. The Kier molecular flexibility index (Phi) is 9.52. The Balaban J connectivity index is 1.41. The summed E-state index contributed by atoms with van der Waals surface area (Å²) in [4.78, 5) is 40.3. The first-order chi connectivity index (χ1) is 21.5. The maximum atomic E-state index is 15.6. The van der Waals surface area contributed by atoms with Gasteiger partial charge in [-0.2, -0.15) is 0 Å². The first-order valence-corrected chi connectivity index (χ1v) is 14.9. The van der Waals surface area contributed by atoms with E-state index in [4.69, 9.17) is 9.47 Å². The van der Waals surface area contributed by atoms with Crippen molar-refractivity contribution in [2.45, 2.75) is 39.0 Å². The zero-order valence-electron chi connectivity index (χ0n) is 26.1. The number of rotatable bonds is 8. The second-order valence-electron chi connectivity index (χ2n) is 11.6. The molecule has 2 aliphatic heterocycles. The number of anilines is 1. The maximum Gasteiger partial charge on any atom is 0.326 e. The van der Waals surface area contributed by atoms with E-state index < -0.39 is 35.7 Å². The average molecular weight is 619 g/mol. The van der Waals surface area contributed by atoms with E-state index in [2.05, 4.69) is 10.6 Å². The molecule has 2 heterocycles. The lowest BCUT2D eigenvalue weighted by Gasteiger charge is -2.33. The number of hydrogen-bond acceptors (Lipinski definition) is 7. The van der Waals surface area contributed by atoms with Gasteiger partial charge in [-0.15, -0.1) is 0 Å². The Labute approximate surface area is 262 Å². The molecule has 2 aliphatic rings. The number of hydrogen-bond donors (Lipinski definition) is 3. The molecule has 5 rings (SSSR count). The van der Waals surface area contributed by atoms with Gasteiger partial charge in [-0.05, 0) is 71.8 Å². The molecular formula is C34H39FN4O6. The third-order valence-electron chi connectivity index (χ3n) is 8.78. The maximum absolute atomic E-state index is 15.6. The quantitative estimate of drug-likeness (QED) is 0.325. The second-order valence-corrected chi connectivity index (χ2v) is 11.6. The van der Waals surface area contributed by atoms with Gasteiger partial charge >= 0.3 is 6.03 Å². The molecule has 1 unspecified atom stereocenters. The van der Waals surface area contributed by atoms with Crippen LogP contribution in [0.2, 0.25) is 0 Å². The van der Waals surface area contributed by atoms with E-state index in [-0.39, 0.29) is 25.7 Å². The van der Waals surface area contributed by atoms with Crippen molar-refractivity contribution >= 4 is 23.5 Å². The molecule has 3 atom stereocenters. The first-order valence-electron chi connectivity index (χ1n) is 14.9. The first kappa shape index (κ1) is 32.1. The van der Waals surface area contributed by atoms with Crippen LogP contribution < -0.4 is 15.4 Å². The van der Waals surface area contributed by atoms with Crippen LogP contribution in [0.25, 0.3) is 22.3 Å². The van der Waals surface area contributed by atoms with Crippen LogP contribution in [0.15, 0.2) is 48.5 Å². The number of halogens is 1. The van der Waals surface area contributed by atoms with Gasteiger partial charge in [-0.1, -0.05) is 30.3 Å². The molecule has 0 saturated carbocycles. The van der Waals surface area contributed by atoms with Gasteiger partial charge in [0.15, 0.2) is 0 Å². The van der Waals surface area contributed by atoms with Crippen LogP contribution in [0.4, 0.5) is 14.9 Å². The summed E-state index contributed by atoms with van der Waals surface area (Å²) in [5.41, 5.74) is 5.88. The number of nitrogens with zero attached hydrogens (tertiary/aromatic N) is 2. The van der Waals surface area contributed by atoms with Gasteiger partial charge in [0.2, 0.25) is 11.8 Å². The molecule has 238 valence electrons. The number of urea groups is 1. The number of aliphatic hydroxyl groups is 1. The number of amides is 4. The van der Waals surface area contributed by atoms with Gasteiger partial charge in [-0.3, -0.25) is 14.5 Å². The number of nitrogens with one attached hydrogen (secondary N) is 2. The molecule has 0 aliphatic carbocycles. The molecule has 0 bridgehead atoms. The zero-order chi connectivity index (χ0) is 32.4. The van der Waals surface area contributed by atoms with E-state index in [1.807, 2.05) is 50.2 Å². The number of imide groups is 1. The van der Waals surface area contributed by atoms with E-state index in [1.54, 1.807) is 13.1 Å². The van der Waals surface area contributed by atoms with Crippen molar-refractivity contribution in [1.82, 2.24) is 15.1 Å². The SMILES string of the molecule is COc1cc(-c2cccc(-c3cccc(NC(=O)C4CN(C)C(=O)N(C)C4=O)c3C)c2C)cc(F)c1CN[C@@H]1CCOC[C@@H]1O. The molecule has 4 amide bonds. The van der Waals surface area contributed by atoms with Crippen molar-refractivity contribution in [3.05, 3.63) is 71.0 Å². The lowest BCUT2D eigenvalue weighted by Crippen LogP contribution is -2.56. The van der Waals surface area contributed by atoms with Crippen molar-refractivity contribution < 1.29 is 33.4 Å². The van der Waals surface area contributed by atoms with Crippen LogP contribution in [0.1, 0.15) is 23.1 Å². The lowest BCUT2D eigenvalue weighted by molar-refractivity contribution is -0.140. The number of carbonyl (C=O) groups is 3. The minimum Gasteiger partial charge on any atom is -0.496 e. The zero-order valence-corrected chi connectivity index (χ0v) is 26.1. The highest BCUT2D eigenvalue weighted by atomic mass is 19.1. The number of methoxy groups -OCH3 is 1. The summed E-state index contributed by atoms with van der Waals surface area (Å²) in [5.74, 6) is -2.06. The van der Waals surface area contributed by atoms with Crippen molar-refractivity contribution in [3.8, 4) is 28.0 Å². The Morgan fingerprint density at radius 3 is 2.47 bits per heavy atom. The fourth-order valence-electron chi connectivity index (χ4n) is 6.05. The Bertz CT molecular complexity index is 1630. The number of aliphatic hydroxyl groups excluding tert-OH is 1. The largest absolute Gasteiger partial charge is 0.496 e. The standard InChI is InChI=1S/C34H39FN4O6/c1-19-22(21-14-27(35)25(31(15-21)44-5)16-36-29-12-13-45-18-30(29)40)8-6-9-23(19)24-10-7-11-28(20(24)2)37-32(41)26-17-38(3)34(43)39(4)33(26)42/h6-11,14-15,26,29-30,36,40H,12-13,16-18H2,1-5H3,(H,37,41)/t26?,29-,30+/m1/s1. The molecule has 3 N–H and O–H groups in total. The van der Waals surface area contributed by atoms with Crippen LogP contribution in [0, 0.1) is 25.6 Å². The third kappa shape index (κ3) is 6.42. The summed E-state index contributed by atoms with van der Waals surface area (Å²) in [5, 5.41) is 16.3. The lowest BCUT2D eigenvalue weighted by atomic mass is 9.90. The highest BCUT2D eigenvalue weighted by Crippen LogP contribution is 2.38. The molecule has 45 heavy (non-hydrogen) atoms. The van der Waals surface area contributed by atoms with Gasteiger partial charge in [0.1, 0.15) is 17.5 Å². The summed E-state index contributed by atoms with van der Waals surface area (Å²) >= 11 is 0. The van der Waals surface area contributed by atoms with Gasteiger partial charge in [-0.25, -0.2) is 9.18 Å². The smallest absolute Gasteiger partial charge is 0.326 e. The highest BCUT2D eigenvalue weighted by Gasteiger charge is 2.39. The fraction of sp³-hybridized carbons (Fsp3) is 0.382. The van der Waals surface area contributed by atoms with Crippen LogP contribution in [0.3, 0.4) is 0 Å². The molecule has 2 fully saturated rings. The van der Waals surface area contributed by atoms with Crippen LogP contribution >= 0.6 is 0 Å². The van der Waals surface area contributed by atoms with E-state index in [0.717, 1.165) is 32.7 Å². The Hall–Kier alpha value is -4.32. The molecule has 0 aromatic heterocycles. The predicted octanol–water partition coefficient (Wildman–Crippen LogP) is 4.10. The molecule has 10 nitrogen and oxygen atoms in total. The number of benzene rings is 3. The van der Waals surface area contributed by atoms with E-state index in [0.29, 0.717) is 35.6 Å². The van der Waals surface area contributed by atoms with Gasteiger partial charge in [0.05, 0.1) is 19.8 Å². The average Bonchev–Trinajstić information content (AvgIpc) is 3.02. The number of carbonyl (C=O) groups excluding carboxylic acids is 3. The van der Waals surface area contributed by atoms with E-state index in [9.17, 15) is 19.5 Å². The van der Waals surface area contributed by atoms with Gasteiger partial charge < -0.3 is 30.1 Å². The summed E-state index contributed by atoms with van der Waals surface area (Å²) in [6.07, 6.45) is -0.0231. The van der Waals surface area contributed by atoms with Crippen molar-refractivity contribution in [1.29, 1.82) is 0 Å². The Morgan fingerprint density at radius 1 is 1.07 bits per heavy atom. The second kappa shape index (κ2) is 13.4. The summed E-state index contributed by atoms with van der Waals surface area (Å²) in [6.45, 7) is 4.84. The molecule has 2 saturated heterocycles. The van der Waals surface area contributed by atoms with E-state index in [1.165, 1.54) is 25.1 Å². The summed E-state index contributed by atoms with van der Waals surface area (Å²) in [6, 6.07) is 14.0. The summed E-state index contributed by atoms with van der Waals surface area (Å²) < 4.78 is 26.5. The van der Waals surface area contributed by atoms with Crippen LogP contribution in [-0.2, 0) is 20.9 Å². The van der Waals surface area contributed by atoms with Crippen molar-refractivity contribution in [2.75, 3.05) is 46.3 Å². The number of ether oxygens (including phenoxy) is 2. The molecule has 3 aromatic carbocycles. The van der Waals surface area contributed by atoms with Crippen molar-refractivity contribution in [2.24, 2.45) is 5.92 Å². The molecule has 0 spiro atoms. The summed E-state index contributed by atoms with van der Waals surface area (Å²) in [7, 11) is 4.43. The third-order valence-corrected chi connectivity index (χ3v) is 8.78. The minimum atomic E-state index is -1.02. The molecule has 0 radical (unpaired) electrons. The van der Waals surface area contributed by atoms with Crippen molar-refractivity contribution in [3.63, 3.8) is 0 Å². The van der Waals surface area contributed by atoms with Crippen LogP contribution in [-0.4, -0.2) is 85.9 Å². The molecule has 11 heteroatoms. The Morgan fingerprint density at radius 2 is 1.76 bits per heavy atom. The topological polar surface area (TPSA) is 120 Å². The fourth-order valence-corrected chi connectivity index (χ4v) is 6.05. The normalized spacial score (nSPS) is 20.4. The van der Waals surface area contributed by atoms with E-state index >= 15 is 4.39 Å². The van der Waals surface area contributed by atoms with Crippen LogP contribution in [0.5, 0.6) is 5.75 Å². The minimum absolute atomic E-state index is 0.000100. The van der Waals surface area contributed by atoms with Gasteiger partial charge in [0, 0.05) is 51.1 Å². The van der Waals surface area contributed by atoms with Gasteiger partial charge in [0.25, 0.3) is 0 Å². The molecular weight excluding hydrogens is 579 g/mol. The highest BCUT2D eigenvalue weighted by molar-refractivity contribution is 6.12.